The molecule has 0 aliphatic rings. The highest BCUT2D eigenvalue weighted by molar-refractivity contribution is 5.92. The highest BCUT2D eigenvalue weighted by atomic mass is 19.1. The number of aryl methyl sites for hydroxylation is 1. The summed E-state index contributed by atoms with van der Waals surface area (Å²) < 4.78 is 19.7. The van der Waals surface area contributed by atoms with Gasteiger partial charge in [0.15, 0.2) is 5.58 Å². The number of allylic oxidation sites excluding steroid dienone is 2. The Morgan fingerprint density at radius 1 is 1.14 bits per heavy atom. The van der Waals surface area contributed by atoms with Gasteiger partial charge < -0.3 is 20.1 Å². The van der Waals surface area contributed by atoms with E-state index >= 15 is 0 Å². The molecule has 4 aromatic rings. The Morgan fingerprint density at radius 3 is 2.51 bits per heavy atom. The van der Waals surface area contributed by atoms with Crippen LogP contribution in [0.4, 0.5) is 10.1 Å². The minimum absolute atomic E-state index is 0.188. The van der Waals surface area contributed by atoms with Gasteiger partial charge in [0.25, 0.3) is 0 Å². The summed E-state index contributed by atoms with van der Waals surface area (Å²) in [6.07, 6.45) is 13.3. The highest BCUT2D eigenvalue weighted by Crippen LogP contribution is 2.26. The minimum Gasteiger partial charge on any atom is -0.399 e. The Balaban J connectivity index is 0.000000280. The number of anilines is 1. The number of fused-ring (bicyclic) bond motifs is 1. The number of imidazole rings is 1. The highest BCUT2D eigenvalue weighted by Gasteiger charge is 2.11. The van der Waals surface area contributed by atoms with E-state index in [1.165, 1.54) is 12.1 Å². The molecule has 2 aromatic heterocycles. The van der Waals surface area contributed by atoms with Gasteiger partial charge in [0, 0.05) is 24.1 Å². The molecule has 2 aromatic carbocycles. The van der Waals surface area contributed by atoms with Gasteiger partial charge in [0.05, 0.1) is 29.3 Å². The Bertz CT molecular complexity index is 1220. The molecule has 0 amide bonds. The van der Waals surface area contributed by atoms with Crippen LogP contribution in [0.25, 0.3) is 22.7 Å². The Hall–Kier alpha value is -3.87. The molecule has 0 aliphatic heterocycles. The van der Waals surface area contributed by atoms with Gasteiger partial charge in [0.2, 0.25) is 0 Å². The number of nitrogens with one attached hydrogen (secondary N) is 1. The lowest BCUT2D eigenvalue weighted by Gasteiger charge is -2.04. The molecule has 0 radical (unpaired) electrons. The van der Waals surface area contributed by atoms with Gasteiger partial charge in [-0.05, 0) is 61.7 Å². The van der Waals surface area contributed by atoms with Crippen molar-refractivity contribution in [1.82, 2.24) is 14.7 Å². The van der Waals surface area contributed by atoms with E-state index in [4.69, 9.17) is 10.3 Å². The maximum atomic E-state index is 12.4. The minimum atomic E-state index is -0.188. The zero-order valence-electron chi connectivity index (χ0n) is 21.3. The summed E-state index contributed by atoms with van der Waals surface area (Å²) in [6.45, 7) is 11.0. The van der Waals surface area contributed by atoms with Gasteiger partial charge in [-0.3, -0.25) is 0 Å². The van der Waals surface area contributed by atoms with E-state index in [9.17, 15) is 4.39 Å². The van der Waals surface area contributed by atoms with Crippen LogP contribution in [-0.2, 0) is 0 Å². The van der Waals surface area contributed by atoms with E-state index < -0.39 is 0 Å². The molecule has 7 heteroatoms. The van der Waals surface area contributed by atoms with Crippen LogP contribution in [0, 0.1) is 12.7 Å². The van der Waals surface area contributed by atoms with Crippen LogP contribution >= 0.6 is 0 Å². The molecule has 0 spiro atoms. The lowest BCUT2D eigenvalue weighted by Crippen LogP contribution is -1.98. The van der Waals surface area contributed by atoms with Crippen molar-refractivity contribution in [2.45, 2.75) is 47.5 Å². The molecule has 0 saturated carbocycles. The summed E-state index contributed by atoms with van der Waals surface area (Å²) in [5.41, 5.74) is 11.3. The molecule has 0 fully saturated rings. The van der Waals surface area contributed by atoms with Gasteiger partial charge >= 0.3 is 0 Å². The molecule has 0 atom stereocenters. The van der Waals surface area contributed by atoms with Gasteiger partial charge in [-0.15, -0.1) is 0 Å². The smallest absolute Gasteiger partial charge is 0.191 e. The van der Waals surface area contributed by atoms with E-state index in [0.717, 1.165) is 58.7 Å². The third kappa shape index (κ3) is 8.14. The average molecular weight is 478 g/mol. The number of nitrogens with zero attached hydrogens (tertiary/aromatic N) is 3. The molecule has 6 nitrogen and oxygen atoms in total. The lowest BCUT2D eigenvalue weighted by atomic mass is 10.1. The van der Waals surface area contributed by atoms with Crippen LogP contribution in [0.2, 0.25) is 0 Å². The average Bonchev–Trinajstić information content (AvgIpc) is 3.54. The third-order valence-electron chi connectivity index (χ3n) is 4.84. The van der Waals surface area contributed by atoms with Crippen molar-refractivity contribution in [3.63, 3.8) is 0 Å². The van der Waals surface area contributed by atoms with Crippen LogP contribution in [-0.4, -0.2) is 21.3 Å². The maximum Gasteiger partial charge on any atom is 0.191 e. The fourth-order valence-corrected chi connectivity index (χ4v) is 3.19. The monoisotopic (exact) mass is 477 g/mol. The summed E-state index contributed by atoms with van der Waals surface area (Å²) in [4.78, 5) is 4.25. The zero-order valence-corrected chi connectivity index (χ0v) is 21.3. The molecule has 3 N–H and O–H groups in total. The molecule has 0 saturated heterocycles. The predicted molar refractivity (Wildman–Crippen MR) is 144 cm³/mol. The molecule has 0 unspecified atom stereocenters. The van der Waals surface area contributed by atoms with E-state index in [2.05, 4.69) is 29.3 Å². The topological polar surface area (TPSA) is 81.9 Å². The van der Waals surface area contributed by atoms with Crippen molar-refractivity contribution < 1.29 is 8.91 Å². The largest absolute Gasteiger partial charge is 0.399 e. The number of halogens is 1. The fourth-order valence-electron chi connectivity index (χ4n) is 3.19. The van der Waals surface area contributed by atoms with Crippen LogP contribution in [0.5, 0.6) is 0 Å². The summed E-state index contributed by atoms with van der Waals surface area (Å²) in [7, 11) is 0. The summed E-state index contributed by atoms with van der Waals surface area (Å²) in [5.74, 6) is -0.188. The molecule has 186 valence electrons. The van der Waals surface area contributed by atoms with E-state index in [1.54, 1.807) is 24.7 Å². The quantitative estimate of drug-likeness (QED) is 0.274. The molecule has 4 rings (SSSR count). The van der Waals surface area contributed by atoms with Crippen molar-refractivity contribution >= 4 is 22.7 Å². The van der Waals surface area contributed by atoms with Crippen LogP contribution < -0.4 is 11.1 Å². The van der Waals surface area contributed by atoms with Gasteiger partial charge in [-0.25, -0.2) is 9.37 Å². The number of nitrogens with two attached hydrogens (primary N) is 1. The second kappa shape index (κ2) is 14.4. The molecule has 35 heavy (non-hydrogen) atoms. The van der Waals surface area contributed by atoms with E-state index in [-0.39, 0.29) is 5.82 Å². The van der Waals surface area contributed by atoms with E-state index in [0.29, 0.717) is 0 Å². The molecule has 0 bridgehead atoms. The van der Waals surface area contributed by atoms with Crippen molar-refractivity contribution in [1.29, 1.82) is 0 Å². The van der Waals surface area contributed by atoms with Gasteiger partial charge in [-0.1, -0.05) is 51.1 Å². The van der Waals surface area contributed by atoms with Crippen molar-refractivity contribution in [3.05, 3.63) is 90.0 Å². The number of rotatable bonds is 7. The first-order valence-corrected chi connectivity index (χ1v) is 12.0. The van der Waals surface area contributed by atoms with Gasteiger partial charge in [0.1, 0.15) is 5.82 Å². The van der Waals surface area contributed by atoms with Crippen LogP contribution in [0.1, 0.15) is 51.8 Å². The maximum absolute atomic E-state index is 12.4. The fraction of sp³-hybridized carbons (Fsp3) is 0.286. The lowest BCUT2D eigenvalue weighted by molar-refractivity contribution is 0.455. The first-order chi connectivity index (χ1) is 17.0. The van der Waals surface area contributed by atoms with Crippen molar-refractivity contribution in [2.24, 2.45) is 5.73 Å². The summed E-state index contributed by atoms with van der Waals surface area (Å²) >= 11 is 0. The Labute approximate surface area is 207 Å². The van der Waals surface area contributed by atoms with Crippen LogP contribution in [0.15, 0.2) is 77.5 Å². The second-order valence-corrected chi connectivity index (χ2v) is 7.54. The first-order valence-electron chi connectivity index (χ1n) is 12.0. The molecular formula is C28H36FN5O. The Kier molecular flexibility index (Phi) is 11.3. The summed E-state index contributed by atoms with van der Waals surface area (Å²) in [6, 6.07) is 10.4. The molecule has 2 heterocycles. The first kappa shape index (κ1) is 27.4. The number of benzene rings is 2. The predicted octanol–water partition coefficient (Wildman–Crippen LogP) is 7.26. The zero-order chi connectivity index (χ0) is 25.6. The molecular weight excluding hydrogens is 441 g/mol. The van der Waals surface area contributed by atoms with E-state index in [1.807, 2.05) is 61.9 Å². The normalized spacial score (nSPS) is 11.1. The molecule has 0 aliphatic carbocycles. The standard InChI is InChI=1S/C17H18N4O.C9H12FN.C2H6/c1-3-4-14(18)7-5-13-6-8-16(17-15(13)9-20-22-17)21-10-12(2)19-11-21;1-2-7-11-9-5-3-8(10)4-6-9;1-2/h4-11H,3,18H2,1-2H3;3-6,11H,2,7H2,1H3;1-2H3/b7-5+,14-4+;;. The van der Waals surface area contributed by atoms with Crippen molar-refractivity contribution in [3.8, 4) is 5.69 Å². The number of aromatic nitrogens is 3. The SMILES string of the molecule is CC.CC/C=C(N)\C=C\c1ccc(-n2cnc(C)c2)c2oncc12.CCCNc1ccc(F)cc1. The van der Waals surface area contributed by atoms with Gasteiger partial charge in [-0.2, -0.15) is 0 Å². The van der Waals surface area contributed by atoms with Crippen LogP contribution in [0.3, 0.4) is 0 Å². The second-order valence-electron chi connectivity index (χ2n) is 7.54. The number of hydrogen-bond donors (Lipinski definition) is 2. The Morgan fingerprint density at radius 2 is 1.89 bits per heavy atom. The number of hydrogen-bond acceptors (Lipinski definition) is 5. The summed E-state index contributed by atoms with van der Waals surface area (Å²) in [5, 5.41) is 8.03. The van der Waals surface area contributed by atoms with Crippen molar-refractivity contribution in [2.75, 3.05) is 11.9 Å². The third-order valence-corrected chi connectivity index (χ3v) is 4.84.